The molecule has 0 saturated carbocycles. The minimum atomic E-state index is 0.296. The molecule has 1 fully saturated rings. The first-order chi connectivity index (χ1) is 9.34. The van der Waals surface area contributed by atoms with Crippen LogP contribution in [0.1, 0.15) is 24.8 Å². The molecule has 0 amide bonds. The fourth-order valence-corrected chi connectivity index (χ4v) is 3.24. The maximum atomic E-state index is 6.25. The van der Waals surface area contributed by atoms with Crippen molar-refractivity contribution in [1.29, 1.82) is 0 Å². The number of ether oxygens (including phenoxy) is 1. The molecule has 3 nitrogen and oxygen atoms in total. The van der Waals surface area contributed by atoms with Gasteiger partial charge in [-0.3, -0.25) is 0 Å². The van der Waals surface area contributed by atoms with E-state index >= 15 is 0 Å². The van der Waals surface area contributed by atoms with Gasteiger partial charge in [-0.05, 0) is 37.3 Å². The van der Waals surface area contributed by atoms with Gasteiger partial charge in [-0.25, -0.2) is 0 Å². The molecule has 1 aromatic rings. The highest BCUT2D eigenvalue weighted by Crippen LogP contribution is 2.27. The number of fused-ring (bicyclic) bond motifs is 1. The summed E-state index contributed by atoms with van der Waals surface area (Å²) in [6.07, 6.45) is 4.78. The van der Waals surface area contributed by atoms with Crippen molar-refractivity contribution in [2.75, 3.05) is 31.2 Å². The zero-order valence-corrected chi connectivity index (χ0v) is 11.6. The highest BCUT2D eigenvalue weighted by atomic mass is 16.5. The van der Waals surface area contributed by atoms with Gasteiger partial charge in [0.25, 0.3) is 0 Å². The van der Waals surface area contributed by atoms with Crippen LogP contribution in [0.15, 0.2) is 24.3 Å². The smallest absolute Gasteiger partial charge is 0.0526 e. The predicted molar refractivity (Wildman–Crippen MR) is 78.5 cm³/mol. The number of aryl methyl sites for hydroxylation is 1. The summed E-state index contributed by atoms with van der Waals surface area (Å²) < 4.78 is 5.61. The van der Waals surface area contributed by atoms with Crippen molar-refractivity contribution in [2.45, 2.75) is 31.7 Å². The normalized spacial score (nSPS) is 27.7. The summed E-state index contributed by atoms with van der Waals surface area (Å²) in [5.74, 6) is 0.472. The Morgan fingerprint density at radius 1 is 1.26 bits per heavy atom. The third-order valence-electron chi connectivity index (χ3n) is 4.44. The number of para-hydroxylation sites is 1. The van der Waals surface area contributed by atoms with Gasteiger partial charge in [0.05, 0.1) is 6.61 Å². The lowest BCUT2D eigenvalue weighted by Gasteiger charge is -2.34. The quantitative estimate of drug-likeness (QED) is 0.886. The van der Waals surface area contributed by atoms with Crippen molar-refractivity contribution in [3.8, 4) is 0 Å². The first-order valence-electron chi connectivity index (χ1n) is 7.51. The van der Waals surface area contributed by atoms with Crippen LogP contribution in [0, 0.1) is 5.92 Å². The molecule has 1 saturated heterocycles. The lowest BCUT2D eigenvalue weighted by molar-refractivity contribution is 0.0446. The number of hydrogen-bond donors (Lipinski definition) is 1. The van der Waals surface area contributed by atoms with Crippen LogP contribution in [0.25, 0.3) is 0 Å². The Kier molecular flexibility index (Phi) is 4.04. The molecule has 3 rings (SSSR count). The third kappa shape index (κ3) is 2.93. The van der Waals surface area contributed by atoms with E-state index in [0.717, 1.165) is 32.7 Å². The summed E-state index contributed by atoms with van der Waals surface area (Å²) in [4.78, 5) is 2.53. The third-order valence-corrected chi connectivity index (χ3v) is 4.44. The molecule has 2 atom stereocenters. The zero-order valence-electron chi connectivity index (χ0n) is 11.6. The molecule has 2 N–H and O–H groups in total. The maximum absolute atomic E-state index is 6.25. The van der Waals surface area contributed by atoms with Crippen LogP contribution in [0.3, 0.4) is 0 Å². The molecule has 2 unspecified atom stereocenters. The lowest BCUT2D eigenvalue weighted by Crippen LogP contribution is -2.45. The fraction of sp³-hybridized carbons (Fsp3) is 0.625. The minimum absolute atomic E-state index is 0.296. The highest BCUT2D eigenvalue weighted by Gasteiger charge is 2.26. The summed E-state index contributed by atoms with van der Waals surface area (Å²) in [5.41, 5.74) is 9.15. The van der Waals surface area contributed by atoms with Gasteiger partial charge >= 0.3 is 0 Å². The Morgan fingerprint density at radius 2 is 2.16 bits per heavy atom. The number of nitrogens with zero attached hydrogens (tertiary/aromatic N) is 1. The topological polar surface area (TPSA) is 38.5 Å². The van der Waals surface area contributed by atoms with Gasteiger partial charge in [0, 0.05) is 37.3 Å². The van der Waals surface area contributed by atoms with Crippen LogP contribution in [0.2, 0.25) is 0 Å². The van der Waals surface area contributed by atoms with E-state index < -0.39 is 0 Å². The largest absolute Gasteiger partial charge is 0.381 e. The first kappa shape index (κ1) is 12.9. The van der Waals surface area contributed by atoms with Gasteiger partial charge in [-0.2, -0.15) is 0 Å². The maximum Gasteiger partial charge on any atom is 0.0526 e. The van der Waals surface area contributed by atoms with Crippen LogP contribution < -0.4 is 10.6 Å². The van der Waals surface area contributed by atoms with Crippen LogP contribution in [0.5, 0.6) is 0 Å². The molecular formula is C16H24N2O. The summed E-state index contributed by atoms with van der Waals surface area (Å²) in [5, 5.41) is 0. The Balaban J connectivity index is 1.76. The number of anilines is 1. The molecule has 2 heterocycles. The summed E-state index contributed by atoms with van der Waals surface area (Å²) in [7, 11) is 0. The molecule has 0 radical (unpaired) electrons. The number of nitrogens with two attached hydrogens (primary N) is 1. The molecule has 2 aliphatic heterocycles. The van der Waals surface area contributed by atoms with Gasteiger partial charge in [-0.1, -0.05) is 18.2 Å². The number of hydrogen-bond acceptors (Lipinski definition) is 3. The Hall–Kier alpha value is -1.06. The zero-order chi connectivity index (χ0) is 13.1. The molecule has 1 aromatic carbocycles. The molecule has 104 valence electrons. The van der Waals surface area contributed by atoms with Crippen LogP contribution in [-0.2, 0) is 11.2 Å². The van der Waals surface area contributed by atoms with E-state index in [2.05, 4.69) is 29.2 Å². The van der Waals surface area contributed by atoms with E-state index in [9.17, 15) is 0 Å². The van der Waals surface area contributed by atoms with Gasteiger partial charge in [-0.15, -0.1) is 0 Å². The van der Waals surface area contributed by atoms with E-state index in [-0.39, 0.29) is 0 Å². The van der Waals surface area contributed by atoms with E-state index in [1.807, 2.05) is 0 Å². The first-order valence-corrected chi connectivity index (χ1v) is 7.51. The Bertz CT molecular complexity index is 421. The van der Waals surface area contributed by atoms with Crippen molar-refractivity contribution < 1.29 is 4.74 Å². The van der Waals surface area contributed by atoms with E-state index in [1.54, 1.807) is 0 Å². The van der Waals surface area contributed by atoms with Gasteiger partial charge < -0.3 is 15.4 Å². The second-order valence-corrected chi connectivity index (χ2v) is 5.82. The van der Waals surface area contributed by atoms with Crippen molar-refractivity contribution in [2.24, 2.45) is 11.7 Å². The molecule has 19 heavy (non-hydrogen) atoms. The van der Waals surface area contributed by atoms with Crippen LogP contribution in [-0.4, -0.2) is 32.3 Å². The number of benzene rings is 1. The summed E-state index contributed by atoms with van der Waals surface area (Å²) in [6, 6.07) is 9.12. The standard InChI is InChI=1S/C16H24N2O/c17-15-8-10-19-12-14(15)11-18-9-4-3-6-13-5-1-2-7-16(13)18/h1-2,5,7,14-15H,3-4,6,8-12,17H2. The monoisotopic (exact) mass is 260 g/mol. The summed E-state index contributed by atoms with van der Waals surface area (Å²) in [6.45, 7) is 3.84. The van der Waals surface area contributed by atoms with Crippen molar-refractivity contribution in [1.82, 2.24) is 0 Å². The molecular weight excluding hydrogens is 236 g/mol. The van der Waals surface area contributed by atoms with Gasteiger partial charge in [0.15, 0.2) is 0 Å². The second-order valence-electron chi connectivity index (χ2n) is 5.82. The lowest BCUT2D eigenvalue weighted by atomic mass is 9.95. The Labute approximate surface area is 115 Å². The van der Waals surface area contributed by atoms with E-state index in [4.69, 9.17) is 10.5 Å². The van der Waals surface area contributed by atoms with E-state index in [0.29, 0.717) is 12.0 Å². The predicted octanol–water partition coefficient (Wildman–Crippen LogP) is 2.19. The van der Waals surface area contributed by atoms with Crippen LogP contribution in [0.4, 0.5) is 5.69 Å². The average Bonchev–Trinajstić information content (AvgIpc) is 2.64. The molecule has 0 aromatic heterocycles. The average molecular weight is 260 g/mol. The SMILES string of the molecule is NC1CCOCC1CN1CCCCc2ccccc21. The molecule has 0 aliphatic carbocycles. The molecule has 2 aliphatic rings. The van der Waals surface area contributed by atoms with Crippen LogP contribution >= 0.6 is 0 Å². The Morgan fingerprint density at radius 3 is 3.05 bits per heavy atom. The number of rotatable bonds is 2. The van der Waals surface area contributed by atoms with Crippen molar-refractivity contribution in [3.63, 3.8) is 0 Å². The summed E-state index contributed by atoms with van der Waals surface area (Å²) >= 11 is 0. The highest BCUT2D eigenvalue weighted by molar-refractivity contribution is 5.54. The van der Waals surface area contributed by atoms with Gasteiger partial charge in [0.1, 0.15) is 0 Å². The second kappa shape index (κ2) is 5.93. The molecule has 3 heteroatoms. The minimum Gasteiger partial charge on any atom is -0.381 e. The van der Waals surface area contributed by atoms with E-state index in [1.165, 1.54) is 30.5 Å². The van der Waals surface area contributed by atoms with Crippen molar-refractivity contribution >= 4 is 5.69 Å². The molecule has 0 spiro atoms. The van der Waals surface area contributed by atoms with Crippen molar-refractivity contribution in [3.05, 3.63) is 29.8 Å². The molecule has 0 bridgehead atoms. The fourth-order valence-electron chi connectivity index (χ4n) is 3.24. The van der Waals surface area contributed by atoms with Gasteiger partial charge in [0.2, 0.25) is 0 Å².